The zero-order chi connectivity index (χ0) is 18.5. The molecule has 2 amide bonds. The molecule has 3 aromatic rings. The molecular weight excluding hydrogens is 338 g/mol. The first-order valence-corrected chi connectivity index (χ1v) is 8.75. The molecule has 2 aromatic carbocycles. The topological polar surface area (TPSA) is 78.9 Å². The minimum Gasteiger partial charge on any atom is -0.331 e. The van der Waals surface area contributed by atoms with Crippen LogP contribution >= 0.6 is 0 Å². The van der Waals surface area contributed by atoms with Crippen molar-refractivity contribution >= 4 is 35.5 Å². The molecule has 1 aromatic heterocycles. The highest BCUT2D eigenvalue weighted by molar-refractivity contribution is 5.90. The SMILES string of the molecule is O=C(Nc1ccc(Nc2ncccn2)cc1)NC1C=c2ccccc2=CC1. The lowest BCUT2D eigenvalue weighted by molar-refractivity contribution is 0.251. The number of amides is 2. The summed E-state index contributed by atoms with van der Waals surface area (Å²) in [5, 5.41) is 11.3. The van der Waals surface area contributed by atoms with Crippen LogP contribution in [-0.2, 0) is 0 Å². The summed E-state index contributed by atoms with van der Waals surface area (Å²) in [6.07, 6.45) is 8.36. The molecule has 0 bridgehead atoms. The van der Waals surface area contributed by atoms with Gasteiger partial charge in [0.05, 0.1) is 6.04 Å². The maximum absolute atomic E-state index is 12.3. The van der Waals surface area contributed by atoms with Gasteiger partial charge < -0.3 is 16.0 Å². The molecule has 0 saturated heterocycles. The Kier molecular flexibility index (Phi) is 4.78. The van der Waals surface area contributed by atoms with Gasteiger partial charge in [-0.3, -0.25) is 0 Å². The van der Waals surface area contributed by atoms with Gasteiger partial charge in [0.15, 0.2) is 0 Å². The second-order valence-electron chi connectivity index (χ2n) is 6.22. The molecule has 0 spiro atoms. The number of benzene rings is 2. The van der Waals surface area contributed by atoms with Crippen LogP contribution in [0.3, 0.4) is 0 Å². The number of fused-ring (bicyclic) bond motifs is 1. The van der Waals surface area contributed by atoms with E-state index in [1.54, 1.807) is 18.5 Å². The Labute approximate surface area is 156 Å². The first-order valence-electron chi connectivity index (χ1n) is 8.75. The monoisotopic (exact) mass is 357 g/mol. The van der Waals surface area contributed by atoms with Crippen LogP contribution < -0.4 is 26.4 Å². The summed E-state index contributed by atoms with van der Waals surface area (Å²) in [5.74, 6) is 0.528. The largest absolute Gasteiger partial charge is 0.331 e. The Morgan fingerprint density at radius 2 is 1.59 bits per heavy atom. The Morgan fingerprint density at radius 1 is 0.889 bits per heavy atom. The number of urea groups is 1. The zero-order valence-corrected chi connectivity index (χ0v) is 14.6. The van der Waals surface area contributed by atoms with E-state index < -0.39 is 0 Å². The summed E-state index contributed by atoms with van der Waals surface area (Å²) in [4.78, 5) is 20.5. The minimum atomic E-state index is -0.226. The second kappa shape index (κ2) is 7.70. The summed E-state index contributed by atoms with van der Waals surface area (Å²) >= 11 is 0. The number of anilines is 3. The molecule has 0 radical (unpaired) electrons. The summed E-state index contributed by atoms with van der Waals surface area (Å²) in [7, 11) is 0. The summed E-state index contributed by atoms with van der Waals surface area (Å²) in [5.41, 5.74) is 1.56. The third-order valence-electron chi connectivity index (χ3n) is 4.25. The van der Waals surface area contributed by atoms with E-state index in [4.69, 9.17) is 0 Å². The van der Waals surface area contributed by atoms with Crippen molar-refractivity contribution in [3.8, 4) is 0 Å². The van der Waals surface area contributed by atoms with Gasteiger partial charge in [-0.25, -0.2) is 14.8 Å². The van der Waals surface area contributed by atoms with Crippen LogP contribution in [0.1, 0.15) is 6.42 Å². The van der Waals surface area contributed by atoms with Crippen LogP contribution in [0.2, 0.25) is 0 Å². The third-order valence-corrected chi connectivity index (χ3v) is 4.25. The standard InChI is InChI=1S/C21H19N5O/c27-21(26-19-7-6-15-4-1-2-5-16(15)14-19)25-18-10-8-17(9-11-18)24-20-22-12-3-13-23-20/h1-6,8-14,19H,7H2,(H,22,23,24)(H2,25,26,27). The van der Waals surface area contributed by atoms with Gasteiger partial charge in [-0.1, -0.05) is 36.4 Å². The van der Waals surface area contributed by atoms with Crippen LogP contribution in [0.15, 0.2) is 67.0 Å². The fraction of sp³-hybridized carbons (Fsp3) is 0.0952. The van der Waals surface area contributed by atoms with E-state index >= 15 is 0 Å². The number of carbonyl (C=O) groups excluding carboxylic acids is 1. The molecule has 0 fully saturated rings. The highest BCUT2D eigenvalue weighted by atomic mass is 16.2. The molecule has 6 nitrogen and oxygen atoms in total. The van der Waals surface area contributed by atoms with Crippen LogP contribution in [0.5, 0.6) is 0 Å². The number of carbonyl (C=O) groups is 1. The van der Waals surface area contributed by atoms with E-state index in [1.807, 2.05) is 36.4 Å². The lowest BCUT2D eigenvalue weighted by Gasteiger charge is -2.17. The molecule has 1 aliphatic carbocycles. The van der Waals surface area contributed by atoms with E-state index in [1.165, 1.54) is 5.22 Å². The molecule has 6 heteroatoms. The van der Waals surface area contributed by atoms with Crippen molar-refractivity contribution in [3.05, 3.63) is 77.4 Å². The fourth-order valence-corrected chi connectivity index (χ4v) is 2.95. The van der Waals surface area contributed by atoms with E-state index in [-0.39, 0.29) is 12.1 Å². The van der Waals surface area contributed by atoms with E-state index in [2.05, 4.69) is 50.2 Å². The number of nitrogens with one attached hydrogen (secondary N) is 3. The van der Waals surface area contributed by atoms with Crippen molar-refractivity contribution in [2.45, 2.75) is 12.5 Å². The number of hydrogen-bond acceptors (Lipinski definition) is 4. The molecule has 0 saturated carbocycles. The van der Waals surface area contributed by atoms with Gasteiger partial charge in [-0.15, -0.1) is 0 Å². The van der Waals surface area contributed by atoms with Gasteiger partial charge in [0, 0.05) is 23.8 Å². The van der Waals surface area contributed by atoms with Crippen LogP contribution in [-0.4, -0.2) is 22.0 Å². The minimum absolute atomic E-state index is 0.0175. The molecule has 1 atom stereocenters. The molecule has 4 rings (SSSR count). The second-order valence-corrected chi connectivity index (χ2v) is 6.22. The smallest absolute Gasteiger partial charge is 0.319 e. The molecule has 3 N–H and O–H groups in total. The van der Waals surface area contributed by atoms with Crippen LogP contribution in [0.4, 0.5) is 22.1 Å². The van der Waals surface area contributed by atoms with Gasteiger partial charge in [0.25, 0.3) is 0 Å². The first-order chi connectivity index (χ1) is 13.3. The Balaban J connectivity index is 1.35. The highest BCUT2D eigenvalue weighted by Gasteiger charge is 2.11. The molecule has 1 heterocycles. The normalized spacial score (nSPS) is 14.9. The van der Waals surface area contributed by atoms with E-state index in [9.17, 15) is 4.79 Å². The maximum atomic E-state index is 12.3. The summed E-state index contributed by atoms with van der Waals surface area (Å²) < 4.78 is 0. The Bertz CT molecular complexity index is 1050. The van der Waals surface area contributed by atoms with E-state index in [0.717, 1.165) is 17.3 Å². The van der Waals surface area contributed by atoms with Crippen molar-refractivity contribution in [2.24, 2.45) is 0 Å². The average Bonchev–Trinajstić information content (AvgIpc) is 2.70. The van der Waals surface area contributed by atoms with Crippen molar-refractivity contribution in [2.75, 3.05) is 10.6 Å². The quantitative estimate of drug-likeness (QED) is 0.670. The van der Waals surface area contributed by atoms with Gasteiger partial charge in [-0.2, -0.15) is 0 Å². The Morgan fingerprint density at radius 3 is 2.37 bits per heavy atom. The Hall–Kier alpha value is -3.67. The van der Waals surface area contributed by atoms with Crippen molar-refractivity contribution in [1.29, 1.82) is 0 Å². The molecule has 134 valence electrons. The molecule has 1 aliphatic rings. The molecular formula is C21H19N5O. The van der Waals surface area contributed by atoms with Crippen molar-refractivity contribution in [3.63, 3.8) is 0 Å². The lowest BCUT2D eigenvalue weighted by atomic mass is 10.0. The summed E-state index contributed by atoms with van der Waals surface area (Å²) in [6.45, 7) is 0. The number of aromatic nitrogens is 2. The molecule has 27 heavy (non-hydrogen) atoms. The number of hydrogen-bond donors (Lipinski definition) is 3. The lowest BCUT2D eigenvalue weighted by Crippen LogP contribution is -2.41. The number of rotatable bonds is 4. The van der Waals surface area contributed by atoms with Gasteiger partial charge in [-0.05, 0) is 47.2 Å². The zero-order valence-electron chi connectivity index (χ0n) is 14.6. The highest BCUT2D eigenvalue weighted by Crippen LogP contribution is 2.16. The molecule has 0 aliphatic heterocycles. The van der Waals surface area contributed by atoms with Gasteiger partial charge >= 0.3 is 6.03 Å². The number of nitrogens with zero attached hydrogens (tertiary/aromatic N) is 2. The van der Waals surface area contributed by atoms with Crippen LogP contribution in [0.25, 0.3) is 12.2 Å². The van der Waals surface area contributed by atoms with Crippen LogP contribution in [0, 0.1) is 0 Å². The average molecular weight is 357 g/mol. The predicted octanol–water partition coefficient (Wildman–Crippen LogP) is 2.38. The maximum Gasteiger partial charge on any atom is 0.319 e. The summed E-state index contributed by atoms with van der Waals surface area (Å²) in [6, 6.07) is 17.1. The van der Waals surface area contributed by atoms with E-state index in [0.29, 0.717) is 11.6 Å². The third kappa shape index (κ3) is 4.30. The molecule has 1 unspecified atom stereocenters. The first kappa shape index (κ1) is 16.8. The van der Waals surface area contributed by atoms with Gasteiger partial charge in [0.2, 0.25) is 5.95 Å². The predicted molar refractivity (Wildman–Crippen MR) is 107 cm³/mol. The fourth-order valence-electron chi connectivity index (χ4n) is 2.95. The van der Waals surface area contributed by atoms with Gasteiger partial charge in [0.1, 0.15) is 0 Å². The van der Waals surface area contributed by atoms with Crippen molar-refractivity contribution < 1.29 is 4.79 Å². The van der Waals surface area contributed by atoms with Crippen molar-refractivity contribution in [1.82, 2.24) is 15.3 Å².